The lowest BCUT2D eigenvalue weighted by Crippen LogP contribution is -2.33. The van der Waals surface area contributed by atoms with Gasteiger partial charge < -0.3 is 9.73 Å². The van der Waals surface area contributed by atoms with Gasteiger partial charge in [0.05, 0.1) is 0 Å². The van der Waals surface area contributed by atoms with E-state index in [2.05, 4.69) is 15.3 Å². The third-order valence-electron chi connectivity index (χ3n) is 4.06. The Balaban J connectivity index is 1.87. The van der Waals surface area contributed by atoms with Crippen molar-refractivity contribution in [3.8, 4) is 11.5 Å². The first-order chi connectivity index (χ1) is 11.6. The second kappa shape index (κ2) is 6.66. The average Bonchev–Trinajstić information content (AvgIpc) is 3.04. The first-order valence-electron chi connectivity index (χ1n) is 7.83. The van der Waals surface area contributed by atoms with Gasteiger partial charge in [0.25, 0.3) is 5.91 Å². The molecule has 0 radical (unpaired) electrons. The molecule has 0 spiro atoms. The van der Waals surface area contributed by atoms with Crippen LogP contribution in [-0.4, -0.2) is 21.9 Å². The summed E-state index contributed by atoms with van der Waals surface area (Å²) in [6, 6.07) is 8.92. The lowest BCUT2D eigenvalue weighted by Gasteiger charge is -2.14. The first-order valence-corrected chi connectivity index (χ1v) is 7.83. The van der Waals surface area contributed by atoms with E-state index in [1.165, 1.54) is 0 Å². The number of benzene rings is 1. The van der Waals surface area contributed by atoms with Crippen LogP contribution in [0.4, 0.5) is 0 Å². The monoisotopic (exact) mass is 321 g/mol. The number of nitrogens with one attached hydrogen (secondary N) is 1. The number of carbonyl (C=O) groups excluding carboxylic acids is 1. The predicted molar refractivity (Wildman–Crippen MR) is 93.6 cm³/mol. The molecule has 0 saturated heterocycles. The Bertz CT molecular complexity index is 897. The van der Waals surface area contributed by atoms with Crippen LogP contribution in [0, 0.1) is 0 Å². The largest absolute Gasteiger partial charge is 0.436 e. The molecule has 0 aliphatic heterocycles. The minimum Gasteiger partial charge on any atom is -0.436 e. The maximum atomic E-state index is 12.4. The fourth-order valence-corrected chi connectivity index (χ4v) is 2.33. The molecule has 1 amide bonds. The van der Waals surface area contributed by atoms with Crippen molar-refractivity contribution in [2.75, 3.05) is 0 Å². The Morgan fingerprint density at radius 2 is 2.00 bits per heavy atom. The van der Waals surface area contributed by atoms with Crippen molar-refractivity contribution in [2.24, 2.45) is 0 Å². The lowest BCUT2D eigenvalue weighted by molar-refractivity contribution is 0.0945. The van der Waals surface area contributed by atoms with Gasteiger partial charge in [-0.3, -0.25) is 9.78 Å². The molecule has 1 N–H and O–H groups in total. The highest BCUT2D eigenvalue weighted by atomic mass is 16.3. The molecule has 1 aromatic carbocycles. The summed E-state index contributed by atoms with van der Waals surface area (Å²) in [5.74, 6) is 0.391. The van der Waals surface area contributed by atoms with Crippen LogP contribution in [0.2, 0.25) is 0 Å². The van der Waals surface area contributed by atoms with Crippen LogP contribution in [-0.2, 0) is 0 Å². The molecule has 0 fully saturated rings. The van der Waals surface area contributed by atoms with E-state index in [9.17, 15) is 4.79 Å². The van der Waals surface area contributed by atoms with Gasteiger partial charge in [-0.1, -0.05) is 11.6 Å². The normalized spacial score (nSPS) is 13.0. The maximum Gasteiger partial charge on any atom is 0.251 e. The van der Waals surface area contributed by atoms with E-state index in [1.807, 2.05) is 39.0 Å². The molecule has 0 aliphatic rings. The van der Waals surface area contributed by atoms with Crippen molar-refractivity contribution >= 4 is 17.0 Å². The minimum absolute atomic E-state index is 0.0112. The molecular formula is C19H19N3O2. The Morgan fingerprint density at radius 1 is 1.25 bits per heavy atom. The fourth-order valence-electron chi connectivity index (χ4n) is 2.33. The highest BCUT2D eigenvalue weighted by molar-refractivity contribution is 5.97. The lowest BCUT2D eigenvalue weighted by atomic mass is 10.1. The molecular weight excluding hydrogens is 302 g/mol. The molecule has 24 heavy (non-hydrogen) atoms. The molecule has 2 aromatic heterocycles. The number of fused-ring (bicyclic) bond motifs is 1. The summed E-state index contributed by atoms with van der Waals surface area (Å²) >= 11 is 0. The molecule has 122 valence electrons. The molecule has 3 rings (SSSR count). The molecule has 1 unspecified atom stereocenters. The zero-order valence-corrected chi connectivity index (χ0v) is 13.9. The number of pyridine rings is 1. The van der Waals surface area contributed by atoms with Crippen LogP contribution in [0.5, 0.6) is 0 Å². The van der Waals surface area contributed by atoms with E-state index in [0.29, 0.717) is 22.6 Å². The zero-order chi connectivity index (χ0) is 17.1. The van der Waals surface area contributed by atoms with Gasteiger partial charge in [0, 0.05) is 29.6 Å². The number of nitrogens with zero attached hydrogens (tertiary/aromatic N) is 2. The highest BCUT2D eigenvalue weighted by Gasteiger charge is 2.14. The number of hydrogen-bond acceptors (Lipinski definition) is 4. The van der Waals surface area contributed by atoms with E-state index in [0.717, 1.165) is 11.1 Å². The van der Waals surface area contributed by atoms with Crippen molar-refractivity contribution in [2.45, 2.75) is 26.8 Å². The van der Waals surface area contributed by atoms with Gasteiger partial charge in [-0.25, -0.2) is 4.98 Å². The summed E-state index contributed by atoms with van der Waals surface area (Å²) in [7, 11) is 0. The second-order valence-corrected chi connectivity index (χ2v) is 5.67. The Labute approximate surface area is 140 Å². The van der Waals surface area contributed by atoms with Gasteiger partial charge in [-0.2, -0.15) is 0 Å². The summed E-state index contributed by atoms with van der Waals surface area (Å²) in [5.41, 5.74) is 3.84. The number of oxazole rings is 1. The average molecular weight is 321 g/mol. The van der Waals surface area contributed by atoms with Crippen LogP contribution in [0.1, 0.15) is 31.1 Å². The van der Waals surface area contributed by atoms with E-state index in [-0.39, 0.29) is 11.9 Å². The van der Waals surface area contributed by atoms with Gasteiger partial charge in [0.2, 0.25) is 5.89 Å². The van der Waals surface area contributed by atoms with Crippen molar-refractivity contribution in [1.82, 2.24) is 15.3 Å². The van der Waals surface area contributed by atoms with Gasteiger partial charge in [-0.15, -0.1) is 0 Å². The van der Waals surface area contributed by atoms with Crippen LogP contribution in [0.15, 0.2) is 58.8 Å². The molecule has 2 heterocycles. The van der Waals surface area contributed by atoms with Crippen LogP contribution >= 0.6 is 0 Å². The fraction of sp³-hybridized carbons (Fsp3) is 0.211. The zero-order valence-electron chi connectivity index (χ0n) is 13.9. The topological polar surface area (TPSA) is 68.0 Å². The molecule has 0 bridgehead atoms. The Morgan fingerprint density at radius 3 is 2.71 bits per heavy atom. The molecule has 0 aliphatic carbocycles. The summed E-state index contributed by atoms with van der Waals surface area (Å²) in [6.07, 6.45) is 5.37. The highest BCUT2D eigenvalue weighted by Crippen LogP contribution is 2.24. The number of rotatable bonds is 4. The third kappa shape index (κ3) is 3.20. The van der Waals surface area contributed by atoms with E-state index in [4.69, 9.17) is 4.42 Å². The standard InChI is InChI=1S/C19H19N3O2/c1-4-12(2)13(3)21-18(23)15-5-6-17-16(11-15)22-19(24-17)14-7-9-20-10-8-14/h4-11,13H,1-3H3,(H,21,23). The van der Waals surface area contributed by atoms with Crippen molar-refractivity contribution in [3.05, 3.63) is 59.9 Å². The number of aromatic nitrogens is 2. The van der Waals surface area contributed by atoms with E-state index >= 15 is 0 Å². The number of allylic oxidation sites excluding steroid dienone is 1. The van der Waals surface area contributed by atoms with Gasteiger partial charge >= 0.3 is 0 Å². The summed E-state index contributed by atoms with van der Waals surface area (Å²) in [4.78, 5) is 20.8. The van der Waals surface area contributed by atoms with Crippen LogP contribution in [0.3, 0.4) is 0 Å². The molecule has 5 heteroatoms. The van der Waals surface area contributed by atoms with Gasteiger partial charge in [-0.05, 0) is 51.1 Å². The van der Waals surface area contributed by atoms with Gasteiger partial charge in [0.15, 0.2) is 5.58 Å². The molecule has 0 saturated carbocycles. The summed E-state index contributed by atoms with van der Waals surface area (Å²) in [6.45, 7) is 5.91. The number of amides is 1. The van der Waals surface area contributed by atoms with Crippen LogP contribution < -0.4 is 5.32 Å². The Kier molecular flexibility index (Phi) is 4.42. The summed E-state index contributed by atoms with van der Waals surface area (Å²) < 4.78 is 5.75. The quantitative estimate of drug-likeness (QED) is 0.738. The van der Waals surface area contributed by atoms with E-state index < -0.39 is 0 Å². The van der Waals surface area contributed by atoms with E-state index in [1.54, 1.807) is 30.6 Å². The molecule has 3 aromatic rings. The van der Waals surface area contributed by atoms with Crippen molar-refractivity contribution < 1.29 is 9.21 Å². The minimum atomic E-state index is -0.126. The third-order valence-corrected chi connectivity index (χ3v) is 4.06. The van der Waals surface area contributed by atoms with Crippen LogP contribution in [0.25, 0.3) is 22.6 Å². The molecule has 5 nitrogen and oxygen atoms in total. The van der Waals surface area contributed by atoms with Crippen molar-refractivity contribution in [3.63, 3.8) is 0 Å². The summed E-state index contributed by atoms with van der Waals surface area (Å²) in [5, 5.41) is 2.98. The SMILES string of the molecule is CC=C(C)C(C)NC(=O)c1ccc2oc(-c3ccncc3)nc2c1. The second-order valence-electron chi connectivity index (χ2n) is 5.67. The first kappa shape index (κ1) is 15.9. The van der Waals surface area contributed by atoms with Gasteiger partial charge in [0.1, 0.15) is 5.52 Å². The Hall–Kier alpha value is -2.95. The maximum absolute atomic E-state index is 12.4. The number of carbonyl (C=O) groups is 1. The molecule has 1 atom stereocenters. The predicted octanol–water partition coefficient (Wildman–Crippen LogP) is 3.97. The van der Waals surface area contributed by atoms with Crippen molar-refractivity contribution in [1.29, 1.82) is 0 Å². The smallest absolute Gasteiger partial charge is 0.251 e. The number of hydrogen-bond donors (Lipinski definition) is 1.